The molecule has 2 fully saturated rings. The van der Waals surface area contributed by atoms with Gasteiger partial charge in [0.25, 0.3) is 5.56 Å². The number of fused-ring (bicyclic) bond motifs is 3. The van der Waals surface area contributed by atoms with Crippen LogP contribution >= 0.6 is 24.8 Å². The minimum atomic E-state index is -0.0649. The zero-order valence-electron chi connectivity index (χ0n) is 17.4. The van der Waals surface area contributed by atoms with Gasteiger partial charge in [0.2, 0.25) is 5.91 Å². The summed E-state index contributed by atoms with van der Waals surface area (Å²) in [4.78, 5) is 31.7. The molecular weight excluding hydrogens is 413 g/mol. The number of hydrogen-bond donors (Lipinski definition) is 2. The van der Waals surface area contributed by atoms with Gasteiger partial charge in [0.1, 0.15) is 0 Å². The van der Waals surface area contributed by atoms with Crippen LogP contribution in [0.2, 0.25) is 0 Å². The van der Waals surface area contributed by atoms with E-state index in [1.54, 1.807) is 7.05 Å². The van der Waals surface area contributed by atoms with Crippen LogP contribution < -0.4 is 10.9 Å². The van der Waals surface area contributed by atoms with E-state index < -0.39 is 0 Å². The van der Waals surface area contributed by atoms with Gasteiger partial charge >= 0.3 is 0 Å². The van der Waals surface area contributed by atoms with E-state index in [0.717, 1.165) is 29.7 Å². The number of piperidine rings is 1. The summed E-state index contributed by atoms with van der Waals surface area (Å²) in [6.45, 7) is 3.91. The fraction of sp³-hybridized carbons (Fsp3) is 0.650. The van der Waals surface area contributed by atoms with E-state index in [-0.39, 0.29) is 36.3 Å². The monoisotopic (exact) mass is 443 g/mol. The minimum Gasteiger partial charge on any atom is -0.343 e. The van der Waals surface area contributed by atoms with E-state index in [2.05, 4.69) is 15.4 Å². The van der Waals surface area contributed by atoms with Gasteiger partial charge in [-0.1, -0.05) is 0 Å². The van der Waals surface area contributed by atoms with Crippen LogP contribution in [0.3, 0.4) is 0 Å². The number of halogens is 2. The standard InChI is InChI=1S/C20H29N5O2.2ClH/c1-11-16(12(2)21-19-18(11)20(27)25(4)23-19)7-8-17(26)24(3)15-9-13-5-6-14(10-15)22-13;;/h13-15,22H,5-10H2,1-4H3,(H,21,23);2*1H. The number of amides is 1. The SMILES string of the molecule is Cc1nc2[nH]n(C)c(=O)c2c(C)c1CCC(=O)N(C)C1CC2CCC(C1)N2.Cl.Cl. The van der Waals surface area contributed by atoms with Crippen LogP contribution in [0.5, 0.6) is 0 Å². The van der Waals surface area contributed by atoms with Crippen LogP contribution in [-0.4, -0.2) is 50.7 Å². The van der Waals surface area contributed by atoms with Crippen molar-refractivity contribution < 1.29 is 4.79 Å². The van der Waals surface area contributed by atoms with Crippen LogP contribution in [0.1, 0.15) is 48.9 Å². The molecule has 2 bridgehead atoms. The Morgan fingerprint density at radius 2 is 1.83 bits per heavy atom. The quantitative estimate of drug-likeness (QED) is 0.759. The molecule has 4 heterocycles. The van der Waals surface area contributed by atoms with Crippen LogP contribution in [0.4, 0.5) is 0 Å². The first-order valence-electron chi connectivity index (χ1n) is 9.91. The number of nitrogens with zero attached hydrogens (tertiary/aromatic N) is 3. The highest BCUT2D eigenvalue weighted by molar-refractivity contribution is 5.85. The van der Waals surface area contributed by atoms with Crippen molar-refractivity contribution in [2.75, 3.05) is 7.05 Å². The number of aromatic nitrogens is 3. The van der Waals surface area contributed by atoms with Crippen molar-refractivity contribution in [3.63, 3.8) is 0 Å². The lowest BCUT2D eigenvalue weighted by atomic mass is 9.97. The van der Waals surface area contributed by atoms with E-state index in [4.69, 9.17) is 0 Å². The molecule has 9 heteroatoms. The molecule has 4 rings (SSSR count). The lowest BCUT2D eigenvalue weighted by Gasteiger charge is -2.35. The van der Waals surface area contributed by atoms with Gasteiger partial charge in [0, 0.05) is 44.3 Å². The highest BCUT2D eigenvalue weighted by Crippen LogP contribution is 2.29. The molecule has 0 radical (unpaired) electrons. The molecule has 2 aromatic heterocycles. The van der Waals surface area contributed by atoms with Crippen molar-refractivity contribution in [3.05, 3.63) is 27.2 Å². The smallest absolute Gasteiger partial charge is 0.276 e. The molecule has 29 heavy (non-hydrogen) atoms. The van der Waals surface area contributed by atoms with Gasteiger partial charge < -0.3 is 10.2 Å². The lowest BCUT2D eigenvalue weighted by molar-refractivity contribution is -0.132. The van der Waals surface area contributed by atoms with E-state index >= 15 is 0 Å². The van der Waals surface area contributed by atoms with Gasteiger partial charge in [0.15, 0.2) is 5.65 Å². The number of pyridine rings is 1. The lowest BCUT2D eigenvalue weighted by Crippen LogP contribution is -2.48. The number of aromatic amines is 1. The third-order valence-corrected chi connectivity index (χ3v) is 6.55. The fourth-order valence-electron chi connectivity index (χ4n) is 4.93. The second-order valence-electron chi connectivity index (χ2n) is 8.27. The molecule has 2 aliphatic rings. The Bertz CT molecular complexity index is 942. The van der Waals surface area contributed by atoms with Gasteiger partial charge in [-0.05, 0) is 57.1 Å². The molecule has 162 valence electrons. The Morgan fingerprint density at radius 1 is 1.21 bits per heavy atom. The molecule has 0 aromatic carbocycles. The Balaban J connectivity index is 0.00000150. The second kappa shape index (κ2) is 9.06. The maximum Gasteiger partial charge on any atom is 0.276 e. The average Bonchev–Trinajstić information content (AvgIpc) is 3.11. The average molecular weight is 444 g/mol. The van der Waals surface area contributed by atoms with Crippen molar-refractivity contribution in [2.45, 2.75) is 70.5 Å². The van der Waals surface area contributed by atoms with Crippen LogP contribution in [-0.2, 0) is 18.3 Å². The van der Waals surface area contributed by atoms with Gasteiger partial charge in [-0.2, -0.15) is 0 Å². The Kier molecular flexibility index (Phi) is 7.41. The number of carbonyl (C=O) groups is 1. The summed E-state index contributed by atoms with van der Waals surface area (Å²) in [5.74, 6) is 0.183. The molecule has 0 spiro atoms. The van der Waals surface area contributed by atoms with Gasteiger partial charge in [-0.15, -0.1) is 24.8 Å². The Morgan fingerprint density at radius 3 is 2.45 bits per heavy atom. The zero-order valence-corrected chi connectivity index (χ0v) is 19.1. The summed E-state index contributed by atoms with van der Waals surface area (Å²) < 4.78 is 1.46. The molecule has 0 saturated carbocycles. The third kappa shape index (κ3) is 4.32. The maximum absolute atomic E-state index is 12.8. The van der Waals surface area contributed by atoms with E-state index in [9.17, 15) is 9.59 Å². The molecule has 2 aliphatic heterocycles. The van der Waals surface area contributed by atoms with Crippen LogP contribution in [0.25, 0.3) is 11.0 Å². The Labute approximate surface area is 183 Å². The molecule has 2 N–H and O–H groups in total. The zero-order chi connectivity index (χ0) is 19.3. The number of carbonyl (C=O) groups excluding carboxylic acids is 1. The van der Waals surface area contributed by atoms with Gasteiger partial charge in [-0.3, -0.25) is 19.4 Å². The molecule has 7 nitrogen and oxygen atoms in total. The fourth-order valence-corrected chi connectivity index (χ4v) is 4.93. The van der Waals surface area contributed by atoms with E-state index in [1.165, 1.54) is 17.5 Å². The van der Waals surface area contributed by atoms with E-state index in [1.807, 2.05) is 25.8 Å². The van der Waals surface area contributed by atoms with Crippen molar-refractivity contribution in [2.24, 2.45) is 7.05 Å². The van der Waals surface area contributed by atoms with Crippen molar-refractivity contribution >= 4 is 41.8 Å². The van der Waals surface area contributed by atoms with E-state index in [0.29, 0.717) is 42.0 Å². The summed E-state index contributed by atoms with van der Waals surface area (Å²) >= 11 is 0. The predicted molar refractivity (Wildman–Crippen MR) is 119 cm³/mol. The van der Waals surface area contributed by atoms with Gasteiger partial charge in [-0.25, -0.2) is 4.98 Å². The van der Waals surface area contributed by atoms with Crippen molar-refractivity contribution in [3.8, 4) is 0 Å². The van der Waals surface area contributed by atoms with Gasteiger partial charge in [0.05, 0.1) is 5.39 Å². The van der Waals surface area contributed by atoms with Crippen LogP contribution in [0.15, 0.2) is 4.79 Å². The normalized spacial score (nSPS) is 22.8. The maximum atomic E-state index is 12.8. The number of rotatable bonds is 4. The summed E-state index contributed by atoms with van der Waals surface area (Å²) in [5, 5.41) is 7.25. The first-order valence-corrected chi connectivity index (χ1v) is 9.91. The van der Waals surface area contributed by atoms with Crippen molar-refractivity contribution in [1.29, 1.82) is 0 Å². The highest BCUT2D eigenvalue weighted by Gasteiger charge is 2.36. The topological polar surface area (TPSA) is 83.0 Å². The molecule has 1 amide bonds. The first kappa shape index (κ1) is 23.7. The molecule has 2 unspecified atom stereocenters. The largest absolute Gasteiger partial charge is 0.343 e. The summed E-state index contributed by atoms with van der Waals surface area (Å²) in [7, 11) is 3.64. The number of H-pyrrole nitrogens is 1. The second-order valence-corrected chi connectivity index (χ2v) is 8.27. The molecule has 0 aliphatic carbocycles. The molecule has 2 saturated heterocycles. The first-order chi connectivity index (χ1) is 12.8. The molecular formula is C20H31Cl2N5O2. The number of nitrogens with one attached hydrogen (secondary N) is 2. The Hall–Kier alpha value is -1.57. The highest BCUT2D eigenvalue weighted by atomic mass is 35.5. The third-order valence-electron chi connectivity index (χ3n) is 6.55. The number of aryl methyl sites for hydroxylation is 3. The summed E-state index contributed by atoms with van der Waals surface area (Å²) in [6, 6.07) is 1.49. The number of hydrogen-bond acceptors (Lipinski definition) is 4. The molecule has 2 atom stereocenters. The van der Waals surface area contributed by atoms with Crippen LogP contribution in [0, 0.1) is 13.8 Å². The molecule has 2 aromatic rings. The summed E-state index contributed by atoms with van der Waals surface area (Å²) in [6.07, 6.45) is 5.66. The predicted octanol–water partition coefficient (Wildman–Crippen LogP) is 2.40. The minimum absolute atomic E-state index is 0. The van der Waals surface area contributed by atoms with Crippen molar-refractivity contribution in [1.82, 2.24) is 25.0 Å². The summed E-state index contributed by atoms with van der Waals surface area (Å²) in [5.41, 5.74) is 3.40.